The fraction of sp³-hybridized carbons (Fsp3) is 0.364. The molecule has 0 aliphatic carbocycles. The van der Waals surface area contributed by atoms with Gasteiger partial charge in [0.2, 0.25) is 0 Å². The van der Waals surface area contributed by atoms with Crippen LogP contribution in [0.4, 0.5) is 5.69 Å². The number of nitro groups is 1. The van der Waals surface area contributed by atoms with Gasteiger partial charge in [-0.05, 0) is 18.1 Å². The van der Waals surface area contributed by atoms with Gasteiger partial charge in [0.15, 0.2) is 5.75 Å². The lowest BCUT2D eigenvalue weighted by atomic mass is 10.2. The molecule has 0 bridgehead atoms. The third kappa shape index (κ3) is 4.04. The monoisotopic (exact) mass is 298 g/mol. The summed E-state index contributed by atoms with van der Waals surface area (Å²) in [7, 11) is 0. The van der Waals surface area contributed by atoms with Crippen LogP contribution in [-0.2, 0) is 5.33 Å². The molecule has 0 unspecified atom stereocenters. The Hall–Kier alpha value is -1.61. The quantitative estimate of drug-likeness (QED) is 0.350. The second-order valence-corrected chi connectivity index (χ2v) is 3.86. The van der Waals surface area contributed by atoms with Crippen LogP contribution in [0.2, 0.25) is 0 Å². The number of hydrogen-bond acceptors (Lipinski definition) is 4. The number of unbranched alkanes of at least 4 members (excludes halogenated alkanes) is 1. The average Bonchev–Trinajstić information content (AvgIpc) is 2.34. The van der Waals surface area contributed by atoms with Crippen LogP contribution in [0.5, 0.6) is 5.75 Å². The first-order valence-corrected chi connectivity index (χ1v) is 6.14. The van der Waals surface area contributed by atoms with Crippen molar-refractivity contribution in [1.82, 2.24) is 0 Å². The Morgan fingerprint density at radius 2 is 2.29 bits per heavy atom. The maximum Gasteiger partial charge on any atom is 0.310 e. The molecule has 0 N–H and O–H groups in total. The van der Waals surface area contributed by atoms with Crippen molar-refractivity contribution in [3.05, 3.63) is 33.9 Å². The molecule has 5 nitrogen and oxygen atoms in total. The molecule has 0 aliphatic rings. The number of rotatable bonds is 6. The molecule has 1 rings (SSSR count). The number of nitrogens with zero attached hydrogens (tertiary/aromatic N) is 2. The van der Waals surface area contributed by atoms with Gasteiger partial charge in [-0.1, -0.05) is 22.0 Å². The summed E-state index contributed by atoms with van der Waals surface area (Å²) in [5.41, 5.74) is 0.859. The van der Waals surface area contributed by atoms with Gasteiger partial charge in [0.25, 0.3) is 0 Å². The van der Waals surface area contributed by atoms with Gasteiger partial charge in [0, 0.05) is 17.8 Å². The summed E-state index contributed by atoms with van der Waals surface area (Å²) in [4.78, 5) is 10.3. The van der Waals surface area contributed by atoms with Crippen molar-refractivity contribution in [2.45, 2.75) is 18.2 Å². The van der Waals surface area contributed by atoms with Gasteiger partial charge >= 0.3 is 5.69 Å². The third-order valence-electron chi connectivity index (χ3n) is 2.07. The Morgan fingerprint density at radius 3 is 2.88 bits per heavy atom. The van der Waals surface area contributed by atoms with Gasteiger partial charge in [0.1, 0.15) is 0 Å². The minimum atomic E-state index is -0.475. The molecule has 0 aliphatic heterocycles. The average molecular weight is 299 g/mol. The largest absolute Gasteiger partial charge is 0.487 e. The summed E-state index contributed by atoms with van der Waals surface area (Å²) < 4.78 is 5.33. The van der Waals surface area contributed by atoms with Crippen molar-refractivity contribution in [1.29, 1.82) is 5.26 Å². The second-order valence-electron chi connectivity index (χ2n) is 3.30. The van der Waals surface area contributed by atoms with Crippen molar-refractivity contribution in [2.75, 3.05) is 6.61 Å². The molecule has 0 heterocycles. The second kappa shape index (κ2) is 6.86. The van der Waals surface area contributed by atoms with Gasteiger partial charge < -0.3 is 4.74 Å². The van der Waals surface area contributed by atoms with E-state index < -0.39 is 4.92 Å². The standard InChI is InChI=1S/C11H11BrN2O3/c12-8-9-3-4-10(14(15)16)11(7-9)17-6-2-1-5-13/h3-4,7H,1-2,6,8H2. The Bertz CT molecular complexity index is 443. The lowest BCUT2D eigenvalue weighted by Crippen LogP contribution is -2.01. The molecule has 0 spiro atoms. The topological polar surface area (TPSA) is 76.2 Å². The van der Waals surface area contributed by atoms with Crippen molar-refractivity contribution in [3.8, 4) is 11.8 Å². The van der Waals surface area contributed by atoms with Crippen LogP contribution in [0, 0.1) is 21.4 Å². The molecule has 90 valence electrons. The third-order valence-corrected chi connectivity index (χ3v) is 2.71. The summed E-state index contributed by atoms with van der Waals surface area (Å²) >= 11 is 3.28. The van der Waals surface area contributed by atoms with Crippen molar-refractivity contribution in [2.24, 2.45) is 0 Å². The molecule has 0 atom stereocenters. The van der Waals surface area contributed by atoms with E-state index in [0.29, 0.717) is 24.8 Å². The molecular weight excluding hydrogens is 288 g/mol. The molecule has 0 radical (unpaired) electrons. The molecule has 0 fully saturated rings. The molecule has 17 heavy (non-hydrogen) atoms. The lowest BCUT2D eigenvalue weighted by molar-refractivity contribution is -0.385. The maximum atomic E-state index is 10.8. The van der Waals surface area contributed by atoms with Gasteiger partial charge in [0.05, 0.1) is 17.6 Å². The van der Waals surface area contributed by atoms with Crippen LogP contribution in [-0.4, -0.2) is 11.5 Å². The van der Waals surface area contributed by atoms with Gasteiger partial charge in [-0.15, -0.1) is 0 Å². The normalized spacial score (nSPS) is 9.65. The first-order chi connectivity index (χ1) is 8.19. The predicted molar refractivity (Wildman–Crippen MR) is 66.1 cm³/mol. The van der Waals surface area contributed by atoms with E-state index in [-0.39, 0.29) is 11.4 Å². The Kier molecular flexibility index (Phi) is 5.43. The molecule has 1 aromatic rings. The molecule has 0 amide bonds. The minimum absolute atomic E-state index is 0.0494. The molecule has 0 saturated carbocycles. The first-order valence-electron chi connectivity index (χ1n) is 5.02. The highest BCUT2D eigenvalue weighted by Gasteiger charge is 2.15. The summed E-state index contributed by atoms with van der Waals surface area (Å²) in [6.45, 7) is 0.306. The number of benzene rings is 1. The fourth-order valence-electron chi connectivity index (χ4n) is 1.24. The number of hydrogen-bond donors (Lipinski definition) is 0. The molecule has 6 heteroatoms. The molecule has 0 saturated heterocycles. The highest BCUT2D eigenvalue weighted by atomic mass is 79.9. The van der Waals surface area contributed by atoms with E-state index in [2.05, 4.69) is 15.9 Å². The SMILES string of the molecule is N#CCCCOc1cc(CBr)ccc1[N+](=O)[O-]. The highest BCUT2D eigenvalue weighted by molar-refractivity contribution is 9.08. The van der Waals surface area contributed by atoms with Crippen LogP contribution in [0.25, 0.3) is 0 Å². The van der Waals surface area contributed by atoms with Crippen molar-refractivity contribution < 1.29 is 9.66 Å². The van der Waals surface area contributed by atoms with Crippen LogP contribution in [0.1, 0.15) is 18.4 Å². The zero-order valence-corrected chi connectivity index (χ0v) is 10.6. The summed E-state index contributed by atoms with van der Waals surface area (Å²) in [5.74, 6) is 0.255. The first kappa shape index (κ1) is 13.5. The van der Waals surface area contributed by atoms with Crippen LogP contribution in [0.3, 0.4) is 0 Å². The fourth-order valence-corrected chi connectivity index (χ4v) is 1.59. The highest BCUT2D eigenvalue weighted by Crippen LogP contribution is 2.28. The summed E-state index contributed by atoms with van der Waals surface area (Å²) in [6.07, 6.45) is 0.943. The number of nitro benzene ring substituents is 1. The van der Waals surface area contributed by atoms with E-state index in [4.69, 9.17) is 10.00 Å². The maximum absolute atomic E-state index is 10.8. The van der Waals surface area contributed by atoms with Crippen LogP contribution < -0.4 is 4.74 Å². The van der Waals surface area contributed by atoms with Crippen molar-refractivity contribution in [3.63, 3.8) is 0 Å². The number of nitriles is 1. The zero-order valence-electron chi connectivity index (χ0n) is 9.06. The lowest BCUT2D eigenvalue weighted by Gasteiger charge is -2.06. The zero-order chi connectivity index (χ0) is 12.7. The van der Waals surface area contributed by atoms with E-state index >= 15 is 0 Å². The summed E-state index contributed by atoms with van der Waals surface area (Å²) in [6, 6.07) is 6.73. The summed E-state index contributed by atoms with van der Waals surface area (Å²) in [5, 5.41) is 19.8. The van der Waals surface area contributed by atoms with E-state index in [1.165, 1.54) is 6.07 Å². The van der Waals surface area contributed by atoms with E-state index in [1.54, 1.807) is 12.1 Å². The Morgan fingerprint density at radius 1 is 1.53 bits per heavy atom. The van der Waals surface area contributed by atoms with E-state index in [9.17, 15) is 10.1 Å². The van der Waals surface area contributed by atoms with E-state index in [0.717, 1.165) is 5.56 Å². The minimum Gasteiger partial charge on any atom is -0.487 e. The smallest absolute Gasteiger partial charge is 0.310 e. The molecule has 0 aromatic heterocycles. The van der Waals surface area contributed by atoms with E-state index in [1.807, 2.05) is 6.07 Å². The molecular formula is C11H11BrN2O3. The van der Waals surface area contributed by atoms with Gasteiger partial charge in [-0.25, -0.2) is 0 Å². The number of ether oxygens (including phenoxy) is 1. The van der Waals surface area contributed by atoms with Gasteiger partial charge in [-0.2, -0.15) is 5.26 Å². The predicted octanol–water partition coefficient (Wildman–Crippen LogP) is 3.17. The van der Waals surface area contributed by atoms with Crippen molar-refractivity contribution >= 4 is 21.6 Å². The van der Waals surface area contributed by atoms with Crippen LogP contribution in [0.15, 0.2) is 18.2 Å². The van der Waals surface area contributed by atoms with Gasteiger partial charge in [-0.3, -0.25) is 10.1 Å². The number of alkyl halides is 1. The Balaban J connectivity index is 2.79. The number of halogens is 1. The molecule has 1 aromatic carbocycles. The Labute approximate surface area is 107 Å². The van der Waals surface area contributed by atoms with Crippen LogP contribution >= 0.6 is 15.9 Å².